The molecule has 17 heavy (non-hydrogen) atoms. The number of piperidine rings is 1. The molecule has 1 saturated heterocycles. The van der Waals surface area contributed by atoms with E-state index in [2.05, 4.69) is 10.2 Å². The van der Waals surface area contributed by atoms with Crippen LogP contribution in [-0.2, 0) is 4.79 Å². The lowest BCUT2D eigenvalue weighted by molar-refractivity contribution is -0.137. The molecule has 1 fully saturated rings. The summed E-state index contributed by atoms with van der Waals surface area (Å²) in [6.07, 6.45) is 3.15. The molecule has 0 radical (unpaired) electrons. The van der Waals surface area contributed by atoms with Crippen LogP contribution in [0.25, 0.3) is 0 Å². The van der Waals surface area contributed by atoms with Crippen LogP contribution in [-0.4, -0.2) is 33.9 Å². The lowest BCUT2D eigenvalue weighted by Crippen LogP contribution is -2.41. The number of anilines is 1. The Morgan fingerprint density at radius 2 is 2.29 bits per heavy atom. The van der Waals surface area contributed by atoms with E-state index in [9.17, 15) is 4.79 Å². The molecule has 1 aromatic rings. The molecule has 6 heteroatoms. The van der Waals surface area contributed by atoms with Gasteiger partial charge in [0.25, 0.3) is 0 Å². The van der Waals surface area contributed by atoms with Gasteiger partial charge in [-0.2, -0.15) is 0 Å². The van der Waals surface area contributed by atoms with Gasteiger partial charge in [0.2, 0.25) is 0 Å². The first-order valence-electron chi connectivity index (χ1n) is 5.64. The first-order valence-corrected chi connectivity index (χ1v) is 6.02. The van der Waals surface area contributed by atoms with E-state index in [1.807, 2.05) is 4.90 Å². The standard InChI is InChI=1S/C11H14ClN3O2/c12-9-4-5-10(14-13-9)15-6-2-1-3-8(15)7-11(16)17/h4-5,8H,1-3,6-7H2,(H,16,17). The van der Waals surface area contributed by atoms with Crippen LogP contribution in [0.4, 0.5) is 5.82 Å². The van der Waals surface area contributed by atoms with Gasteiger partial charge in [0.05, 0.1) is 6.42 Å². The molecule has 0 bridgehead atoms. The number of aromatic nitrogens is 2. The zero-order valence-electron chi connectivity index (χ0n) is 9.34. The number of carboxylic acid groups (broad SMARTS) is 1. The van der Waals surface area contributed by atoms with E-state index in [1.54, 1.807) is 12.1 Å². The summed E-state index contributed by atoms with van der Waals surface area (Å²) in [5, 5.41) is 17.0. The van der Waals surface area contributed by atoms with Crippen LogP contribution in [0, 0.1) is 0 Å². The largest absolute Gasteiger partial charge is 0.481 e. The number of hydrogen-bond donors (Lipinski definition) is 1. The Hall–Kier alpha value is -1.36. The molecule has 1 aliphatic rings. The van der Waals surface area contributed by atoms with Gasteiger partial charge < -0.3 is 10.0 Å². The van der Waals surface area contributed by atoms with Crippen molar-refractivity contribution < 1.29 is 9.90 Å². The van der Waals surface area contributed by atoms with Gasteiger partial charge in [-0.3, -0.25) is 4.79 Å². The van der Waals surface area contributed by atoms with Crippen molar-refractivity contribution >= 4 is 23.4 Å². The summed E-state index contributed by atoms with van der Waals surface area (Å²) in [7, 11) is 0. The molecule has 2 rings (SSSR count). The zero-order chi connectivity index (χ0) is 12.3. The van der Waals surface area contributed by atoms with E-state index in [4.69, 9.17) is 16.7 Å². The maximum atomic E-state index is 10.8. The fraction of sp³-hybridized carbons (Fsp3) is 0.545. The highest BCUT2D eigenvalue weighted by atomic mass is 35.5. The molecule has 1 aromatic heterocycles. The minimum atomic E-state index is -0.774. The summed E-state index contributed by atoms with van der Waals surface area (Å²) in [5.41, 5.74) is 0. The van der Waals surface area contributed by atoms with Crippen molar-refractivity contribution in [1.29, 1.82) is 0 Å². The van der Waals surface area contributed by atoms with Crippen LogP contribution < -0.4 is 4.90 Å². The molecule has 5 nitrogen and oxygen atoms in total. The molecular formula is C11H14ClN3O2. The van der Waals surface area contributed by atoms with E-state index in [1.165, 1.54) is 0 Å². The third kappa shape index (κ3) is 3.06. The molecule has 0 amide bonds. The number of aliphatic carboxylic acids is 1. The topological polar surface area (TPSA) is 66.3 Å². The van der Waals surface area contributed by atoms with Gasteiger partial charge in [0.15, 0.2) is 11.0 Å². The van der Waals surface area contributed by atoms with Gasteiger partial charge in [-0.15, -0.1) is 10.2 Å². The normalized spacial score (nSPS) is 20.3. The van der Waals surface area contributed by atoms with Crippen LogP contribution >= 0.6 is 11.6 Å². The van der Waals surface area contributed by atoms with Crippen molar-refractivity contribution in [2.45, 2.75) is 31.7 Å². The highest BCUT2D eigenvalue weighted by Crippen LogP contribution is 2.25. The van der Waals surface area contributed by atoms with Gasteiger partial charge in [-0.05, 0) is 31.4 Å². The van der Waals surface area contributed by atoms with Crippen LogP contribution in [0.1, 0.15) is 25.7 Å². The molecule has 2 heterocycles. The van der Waals surface area contributed by atoms with E-state index >= 15 is 0 Å². The van der Waals surface area contributed by atoms with E-state index < -0.39 is 5.97 Å². The van der Waals surface area contributed by atoms with Crippen LogP contribution in [0.3, 0.4) is 0 Å². The molecular weight excluding hydrogens is 242 g/mol. The Bertz CT molecular complexity index is 396. The number of carboxylic acids is 1. The average Bonchev–Trinajstić information content (AvgIpc) is 2.30. The minimum absolute atomic E-state index is 0.0109. The van der Waals surface area contributed by atoms with Crippen LogP contribution in [0.5, 0.6) is 0 Å². The lowest BCUT2D eigenvalue weighted by Gasteiger charge is -2.35. The van der Waals surface area contributed by atoms with Gasteiger partial charge in [0.1, 0.15) is 0 Å². The summed E-state index contributed by atoms with van der Waals surface area (Å²) in [6, 6.07) is 3.47. The van der Waals surface area contributed by atoms with Gasteiger partial charge in [-0.25, -0.2) is 0 Å². The number of carbonyl (C=O) groups is 1. The Balaban J connectivity index is 2.15. The SMILES string of the molecule is O=C(O)CC1CCCCN1c1ccc(Cl)nn1. The van der Waals surface area contributed by atoms with Gasteiger partial charge in [0, 0.05) is 12.6 Å². The Labute approximate surface area is 104 Å². The predicted molar refractivity (Wildman–Crippen MR) is 64.3 cm³/mol. The first kappa shape index (κ1) is 12.1. The van der Waals surface area contributed by atoms with Gasteiger partial charge >= 0.3 is 5.97 Å². The molecule has 0 aliphatic carbocycles. The average molecular weight is 256 g/mol. The highest BCUT2D eigenvalue weighted by Gasteiger charge is 2.25. The minimum Gasteiger partial charge on any atom is -0.481 e. The first-order chi connectivity index (χ1) is 8.16. The molecule has 1 aliphatic heterocycles. The quantitative estimate of drug-likeness (QED) is 0.894. The number of hydrogen-bond acceptors (Lipinski definition) is 4. The monoisotopic (exact) mass is 255 g/mol. The summed E-state index contributed by atoms with van der Waals surface area (Å²) < 4.78 is 0. The van der Waals surface area contributed by atoms with Crippen LogP contribution in [0.15, 0.2) is 12.1 Å². The Morgan fingerprint density at radius 3 is 2.94 bits per heavy atom. The molecule has 0 spiro atoms. The van der Waals surface area contributed by atoms with Crippen molar-refractivity contribution in [3.05, 3.63) is 17.3 Å². The Kier molecular flexibility index (Phi) is 3.78. The highest BCUT2D eigenvalue weighted by molar-refractivity contribution is 6.29. The fourth-order valence-electron chi connectivity index (χ4n) is 2.18. The van der Waals surface area contributed by atoms with E-state index in [0.717, 1.165) is 25.8 Å². The third-order valence-electron chi connectivity index (χ3n) is 2.95. The van der Waals surface area contributed by atoms with Crippen molar-refractivity contribution in [3.8, 4) is 0 Å². The van der Waals surface area contributed by atoms with Gasteiger partial charge in [-0.1, -0.05) is 11.6 Å². The number of nitrogens with zero attached hydrogens (tertiary/aromatic N) is 3. The van der Waals surface area contributed by atoms with Crippen molar-refractivity contribution in [3.63, 3.8) is 0 Å². The smallest absolute Gasteiger partial charge is 0.305 e. The van der Waals surface area contributed by atoms with E-state index in [-0.39, 0.29) is 12.5 Å². The second kappa shape index (κ2) is 5.31. The second-order valence-corrected chi connectivity index (χ2v) is 4.54. The third-order valence-corrected chi connectivity index (χ3v) is 3.15. The zero-order valence-corrected chi connectivity index (χ0v) is 10.1. The lowest BCUT2D eigenvalue weighted by atomic mass is 9.99. The van der Waals surface area contributed by atoms with Crippen molar-refractivity contribution in [2.24, 2.45) is 0 Å². The molecule has 0 saturated carbocycles. The predicted octanol–water partition coefficient (Wildman–Crippen LogP) is 1.96. The summed E-state index contributed by atoms with van der Waals surface area (Å²) in [6.45, 7) is 0.828. The fourth-order valence-corrected chi connectivity index (χ4v) is 2.28. The molecule has 92 valence electrons. The maximum Gasteiger partial charge on any atom is 0.305 e. The number of rotatable bonds is 3. The summed E-state index contributed by atoms with van der Waals surface area (Å²) in [5.74, 6) is -0.0656. The molecule has 1 atom stereocenters. The summed E-state index contributed by atoms with van der Waals surface area (Å²) >= 11 is 5.69. The van der Waals surface area contributed by atoms with Crippen LogP contribution in [0.2, 0.25) is 5.15 Å². The number of halogens is 1. The molecule has 0 aromatic carbocycles. The maximum absolute atomic E-state index is 10.8. The summed E-state index contributed by atoms with van der Waals surface area (Å²) in [4.78, 5) is 12.8. The van der Waals surface area contributed by atoms with Crippen molar-refractivity contribution in [2.75, 3.05) is 11.4 Å². The van der Waals surface area contributed by atoms with E-state index in [0.29, 0.717) is 11.0 Å². The molecule has 1 N–H and O–H groups in total. The Morgan fingerprint density at radius 1 is 1.47 bits per heavy atom. The van der Waals surface area contributed by atoms with Crippen molar-refractivity contribution in [1.82, 2.24) is 10.2 Å². The molecule has 1 unspecified atom stereocenters. The second-order valence-electron chi connectivity index (χ2n) is 4.16.